The van der Waals surface area contributed by atoms with Crippen molar-refractivity contribution >= 4 is 17.4 Å². The topological polar surface area (TPSA) is 51.5 Å². The molecule has 1 heterocycles. The molecule has 4 rings (SSSR count). The van der Waals surface area contributed by atoms with Crippen molar-refractivity contribution in [1.29, 1.82) is 0 Å². The van der Waals surface area contributed by atoms with Crippen molar-refractivity contribution in [2.24, 2.45) is 4.99 Å². The largest absolute Gasteiger partial charge is 0.465 e. The fourth-order valence-electron chi connectivity index (χ4n) is 3.47. The first-order chi connectivity index (χ1) is 13.7. The summed E-state index contributed by atoms with van der Waals surface area (Å²) in [6, 6.07) is 22.0. The fraction of sp³-hybridized carbons (Fsp3) is 0.208. The zero-order chi connectivity index (χ0) is 19.4. The zero-order valence-electron chi connectivity index (χ0n) is 15.8. The number of benzene rings is 2. The Balaban J connectivity index is 1.84. The molecule has 140 valence electrons. The Morgan fingerprint density at radius 1 is 1.00 bits per heavy atom. The van der Waals surface area contributed by atoms with Gasteiger partial charge in [0.15, 0.2) is 0 Å². The molecule has 1 saturated carbocycles. The van der Waals surface area contributed by atoms with Crippen LogP contribution in [-0.2, 0) is 14.9 Å². The number of nitrogens with zero attached hydrogens (tertiary/aromatic N) is 2. The molecule has 0 spiro atoms. The van der Waals surface area contributed by atoms with Crippen molar-refractivity contribution in [3.63, 3.8) is 0 Å². The number of pyridine rings is 1. The third-order valence-corrected chi connectivity index (χ3v) is 5.06. The van der Waals surface area contributed by atoms with Gasteiger partial charge in [0.05, 0.1) is 29.6 Å². The number of hydrogen-bond donors (Lipinski definition) is 0. The lowest BCUT2D eigenvalue weighted by atomic mass is 9.95. The molecule has 4 heteroatoms. The van der Waals surface area contributed by atoms with Crippen molar-refractivity contribution in [1.82, 2.24) is 4.98 Å². The maximum absolute atomic E-state index is 12.6. The van der Waals surface area contributed by atoms with Crippen molar-refractivity contribution in [3.8, 4) is 0 Å². The first kappa shape index (κ1) is 18.1. The molecule has 0 N–H and O–H groups in total. The monoisotopic (exact) mass is 370 g/mol. The third kappa shape index (κ3) is 3.46. The molecule has 1 aliphatic rings. The summed E-state index contributed by atoms with van der Waals surface area (Å²) < 4.78 is 5.35. The SMILES string of the molecule is CCOC(=O)C1(c2ccncc2N=C(c2ccccc2)c2ccccc2)CC1. The van der Waals surface area contributed by atoms with Crippen molar-refractivity contribution in [2.75, 3.05) is 6.61 Å². The van der Waals surface area contributed by atoms with Crippen LogP contribution in [0.3, 0.4) is 0 Å². The molecule has 0 radical (unpaired) electrons. The Morgan fingerprint density at radius 3 is 2.14 bits per heavy atom. The summed E-state index contributed by atoms with van der Waals surface area (Å²) in [5.41, 5.74) is 3.92. The van der Waals surface area contributed by atoms with E-state index in [1.165, 1.54) is 0 Å². The van der Waals surface area contributed by atoms with E-state index in [9.17, 15) is 4.79 Å². The van der Waals surface area contributed by atoms with Crippen LogP contribution >= 0.6 is 0 Å². The second-order valence-electron chi connectivity index (χ2n) is 6.89. The Hall–Kier alpha value is -3.27. The molecule has 0 saturated heterocycles. The normalized spacial score (nSPS) is 14.2. The van der Waals surface area contributed by atoms with E-state index in [1.807, 2.05) is 73.7 Å². The Labute approximate surface area is 164 Å². The minimum absolute atomic E-state index is 0.168. The Kier molecular flexibility index (Phi) is 5.02. The highest BCUT2D eigenvalue weighted by molar-refractivity contribution is 6.14. The third-order valence-electron chi connectivity index (χ3n) is 5.06. The molecule has 3 aromatic rings. The van der Waals surface area contributed by atoms with Gasteiger partial charge >= 0.3 is 5.97 Å². The van der Waals surface area contributed by atoms with E-state index < -0.39 is 5.41 Å². The highest BCUT2D eigenvalue weighted by Gasteiger charge is 2.54. The maximum atomic E-state index is 12.6. The average Bonchev–Trinajstić information content (AvgIpc) is 3.56. The van der Waals surface area contributed by atoms with Crippen LogP contribution in [-0.4, -0.2) is 23.3 Å². The molecular weight excluding hydrogens is 348 g/mol. The van der Waals surface area contributed by atoms with E-state index in [2.05, 4.69) is 4.98 Å². The molecule has 1 aliphatic carbocycles. The molecule has 0 aliphatic heterocycles. The predicted octanol–water partition coefficient (Wildman–Crippen LogP) is 4.85. The van der Waals surface area contributed by atoms with Crippen LogP contribution in [0, 0.1) is 0 Å². The molecule has 2 aromatic carbocycles. The Morgan fingerprint density at radius 2 is 1.61 bits per heavy atom. The van der Waals surface area contributed by atoms with Gasteiger partial charge in [-0.15, -0.1) is 0 Å². The van der Waals surface area contributed by atoms with E-state index in [-0.39, 0.29) is 5.97 Å². The summed E-state index contributed by atoms with van der Waals surface area (Å²) >= 11 is 0. The highest BCUT2D eigenvalue weighted by Crippen LogP contribution is 2.52. The summed E-state index contributed by atoms with van der Waals surface area (Å²) in [4.78, 5) is 21.9. The standard InChI is InChI=1S/C24H22N2O2/c1-2-28-23(27)24(14-15-24)20-13-16-25-17-21(20)26-22(18-9-5-3-6-10-18)19-11-7-4-8-12-19/h3-13,16-17H,2,14-15H2,1H3. The van der Waals surface area contributed by atoms with Crippen LogP contribution in [0.5, 0.6) is 0 Å². The lowest BCUT2D eigenvalue weighted by molar-refractivity contribution is -0.146. The number of rotatable bonds is 6. The van der Waals surface area contributed by atoms with Gasteiger partial charge in [-0.2, -0.15) is 0 Å². The second-order valence-corrected chi connectivity index (χ2v) is 6.89. The van der Waals surface area contributed by atoms with Gasteiger partial charge in [-0.1, -0.05) is 60.7 Å². The summed E-state index contributed by atoms with van der Waals surface area (Å²) in [5, 5.41) is 0. The molecular formula is C24H22N2O2. The quantitative estimate of drug-likeness (QED) is 0.461. The van der Waals surface area contributed by atoms with E-state index in [0.717, 1.165) is 40.9 Å². The van der Waals surface area contributed by atoms with Crippen LogP contribution in [0.1, 0.15) is 36.5 Å². The maximum Gasteiger partial charge on any atom is 0.316 e. The van der Waals surface area contributed by atoms with Crippen LogP contribution in [0.15, 0.2) is 84.1 Å². The van der Waals surface area contributed by atoms with Gasteiger partial charge in [-0.05, 0) is 31.4 Å². The number of aromatic nitrogens is 1. The van der Waals surface area contributed by atoms with E-state index in [1.54, 1.807) is 12.4 Å². The highest BCUT2D eigenvalue weighted by atomic mass is 16.5. The van der Waals surface area contributed by atoms with Crippen molar-refractivity contribution in [2.45, 2.75) is 25.2 Å². The van der Waals surface area contributed by atoms with Crippen LogP contribution in [0.4, 0.5) is 5.69 Å². The minimum Gasteiger partial charge on any atom is -0.465 e. The van der Waals surface area contributed by atoms with Crippen molar-refractivity contribution in [3.05, 3.63) is 95.8 Å². The van der Waals surface area contributed by atoms with E-state index in [4.69, 9.17) is 9.73 Å². The molecule has 4 nitrogen and oxygen atoms in total. The van der Waals surface area contributed by atoms with Gasteiger partial charge in [0.2, 0.25) is 0 Å². The molecule has 1 aromatic heterocycles. The summed E-state index contributed by atoms with van der Waals surface area (Å²) in [6.45, 7) is 2.21. The minimum atomic E-state index is -0.587. The summed E-state index contributed by atoms with van der Waals surface area (Å²) in [5.74, 6) is -0.168. The fourth-order valence-corrected chi connectivity index (χ4v) is 3.47. The lowest BCUT2D eigenvalue weighted by Crippen LogP contribution is -2.23. The zero-order valence-corrected chi connectivity index (χ0v) is 15.8. The van der Waals surface area contributed by atoms with Gasteiger partial charge in [-0.25, -0.2) is 4.99 Å². The van der Waals surface area contributed by atoms with Crippen molar-refractivity contribution < 1.29 is 9.53 Å². The molecule has 0 unspecified atom stereocenters. The second kappa shape index (κ2) is 7.77. The average molecular weight is 370 g/mol. The number of ether oxygens (including phenoxy) is 1. The lowest BCUT2D eigenvalue weighted by Gasteiger charge is -2.17. The van der Waals surface area contributed by atoms with Gasteiger partial charge in [0.25, 0.3) is 0 Å². The smallest absolute Gasteiger partial charge is 0.316 e. The molecule has 28 heavy (non-hydrogen) atoms. The molecule has 0 amide bonds. The van der Waals surface area contributed by atoms with Crippen LogP contribution in [0.25, 0.3) is 0 Å². The van der Waals surface area contributed by atoms with E-state index in [0.29, 0.717) is 6.61 Å². The predicted molar refractivity (Wildman–Crippen MR) is 110 cm³/mol. The number of carbonyl (C=O) groups is 1. The number of aliphatic imine (C=N–C) groups is 1. The number of carbonyl (C=O) groups excluding carboxylic acids is 1. The van der Waals surface area contributed by atoms with Gasteiger partial charge in [0, 0.05) is 17.3 Å². The summed E-state index contributed by atoms with van der Waals surface area (Å²) in [7, 11) is 0. The number of hydrogen-bond acceptors (Lipinski definition) is 4. The Bertz CT molecular complexity index is 952. The van der Waals surface area contributed by atoms with Gasteiger partial charge < -0.3 is 4.74 Å². The van der Waals surface area contributed by atoms with Crippen LogP contribution < -0.4 is 0 Å². The van der Waals surface area contributed by atoms with Gasteiger partial charge in [-0.3, -0.25) is 9.78 Å². The number of esters is 1. The summed E-state index contributed by atoms with van der Waals surface area (Å²) in [6.07, 6.45) is 5.02. The van der Waals surface area contributed by atoms with Gasteiger partial charge in [0.1, 0.15) is 0 Å². The molecule has 1 fully saturated rings. The first-order valence-electron chi connectivity index (χ1n) is 9.56. The molecule has 0 bridgehead atoms. The van der Waals surface area contributed by atoms with E-state index >= 15 is 0 Å². The molecule has 0 atom stereocenters. The first-order valence-corrected chi connectivity index (χ1v) is 9.56. The van der Waals surface area contributed by atoms with Crippen LogP contribution in [0.2, 0.25) is 0 Å².